The average Bonchev–Trinajstić information content (AvgIpc) is 4.01. The number of hydrogen-bond donors (Lipinski definition) is 0. The number of rotatable bonds is 17. The van der Waals surface area contributed by atoms with Crippen LogP contribution in [0.5, 0.6) is 0 Å². The van der Waals surface area contributed by atoms with Crippen LogP contribution in [0.15, 0.2) is 109 Å². The largest absolute Gasteiger partial charge is 1.00 e. The molecule has 1 aliphatic carbocycles. The van der Waals surface area contributed by atoms with Crippen LogP contribution in [0.4, 0.5) is 11.4 Å². The van der Waals surface area contributed by atoms with E-state index >= 15 is 0 Å². The van der Waals surface area contributed by atoms with E-state index < -0.39 is 0 Å². The van der Waals surface area contributed by atoms with Crippen LogP contribution in [0.2, 0.25) is 0 Å². The van der Waals surface area contributed by atoms with Gasteiger partial charge in [0.15, 0.2) is 0 Å². The zero-order valence-corrected chi connectivity index (χ0v) is 47.1. The molecule has 0 N–H and O–H groups in total. The van der Waals surface area contributed by atoms with Crippen LogP contribution in [0.1, 0.15) is 91.2 Å². The fourth-order valence-corrected chi connectivity index (χ4v) is 19.7. The molecule has 0 atom stereocenters. The monoisotopic (exact) mass is 1450 g/mol. The number of fused-ring (bicyclic) bond motifs is 4. The van der Waals surface area contributed by atoms with E-state index in [0.717, 1.165) is 23.4 Å². The first-order chi connectivity index (χ1) is 29.0. The van der Waals surface area contributed by atoms with Gasteiger partial charge in [-0.3, -0.25) is 0 Å². The predicted octanol–water partition coefficient (Wildman–Crippen LogP) is 0.855. The van der Waals surface area contributed by atoms with E-state index in [4.69, 9.17) is 4.98 Å². The van der Waals surface area contributed by atoms with Crippen molar-refractivity contribution in [2.75, 3.05) is 17.7 Å². The minimum atomic E-state index is 0. The van der Waals surface area contributed by atoms with Crippen molar-refractivity contribution < 1.29 is 116 Å². The maximum absolute atomic E-state index is 4.87. The van der Waals surface area contributed by atoms with Crippen molar-refractivity contribution in [1.29, 1.82) is 0 Å². The first-order valence-corrected chi connectivity index (χ1v) is 32.4. The molecule has 6 aromatic rings. The minimum Gasteiger partial charge on any atom is 1.00 e. The molecule has 9 heteroatoms. The van der Waals surface area contributed by atoms with Crippen LogP contribution < -0.4 is 84.8 Å². The predicted molar refractivity (Wildman–Crippen MR) is 233 cm³/mol. The number of aromatic nitrogens is 1. The van der Waals surface area contributed by atoms with Gasteiger partial charge in [-0.1, -0.05) is 51.0 Å². The summed E-state index contributed by atoms with van der Waals surface area (Å²) in [6.07, 6.45) is 11.9. The SMILES string of the molecule is CCC1(CC)c2c[c-]ccc2-c2ccc(-c3nc4ccccc4s3)cc21.CCC[I-]c1cccc([I-]CCC)c1[N+]1=C=[N+](c2c([I-]CCC)cccc2[I-]CCC)C=C1.[Au+]. The number of hydrogen-bond acceptors (Lipinski definition) is 2. The van der Waals surface area contributed by atoms with Gasteiger partial charge in [0.2, 0.25) is 0 Å². The molecule has 2 heterocycles. The van der Waals surface area contributed by atoms with Gasteiger partial charge in [0, 0.05) is 5.56 Å². The summed E-state index contributed by atoms with van der Waals surface area (Å²) in [6, 6.07) is 43.1. The molecule has 0 saturated heterocycles. The summed E-state index contributed by atoms with van der Waals surface area (Å²) in [5.41, 5.74) is 11.0. The van der Waals surface area contributed by atoms with E-state index in [1.807, 2.05) is 6.07 Å². The summed E-state index contributed by atoms with van der Waals surface area (Å²) >= 11 is 1.98. The van der Waals surface area contributed by atoms with Crippen LogP contribution in [0, 0.1) is 20.3 Å². The summed E-state index contributed by atoms with van der Waals surface area (Å²) < 4.78 is 17.8. The summed E-state index contributed by atoms with van der Waals surface area (Å²) in [5, 5.41) is 1.11. The second-order valence-electron chi connectivity index (χ2n) is 14.6. The summed E-state index contributed by atoms with van der Waals surface area (Å²) in [6.45, 7) is 13.9. The normalized spacial score (nSPS) is 13.6. The first-order valence-electron chi connectivity index (χ1n) is 21.2. The Hall–Kier alpha value is -1.23. The molecule has 5 aromatic carbocycles. The van der Waals surface area contributed by atoms with E-state index in [-0.39, 0.29) is 113 Å². The third kappa shape index (κ3) is 10.6. The number of thiazole rings is 1. The Kier molecular flexibility index (Phi) is 19.0. The molecule has 1 aromatic heterocycles. The fourth-order valence-electron chi connectivity index (χ4n) is 7.74. The van der Waals surface area contributed by atoms with Crippen molar-refractivity contribution in [3.63, 3.8) is 0 Å². The molecule has 0 fully saturated rings. The number of nitrogens with zero attached hydrogens (tertiary/aromatic N) is 3. The van der Waals surface area contributed by atoms with Crippen molar-refractivity contribution in [3.05, 3.63) is 141 Å². The Labute approximate surface area is 420 Å². The summed E-state index contributed by atoms with van der Waals surface area (Å²) in [5.74, 6) is 0. The number of benzene rings is 5. The van der Waals surface area contributed by atoms with Gasteiger partial charge < -0.3 is 0 Å². The minimum absolute atomic E-state index is 0. The Bertz CT molecular complexity index is 2340. The van der Waals surface area contributed by atoms with Crippen molar-refractivity contribution in [3.8, 4) is 21.7 Å². The van der Waals surface area contributed by atoms with Gasteiger partial charge in [0.1, 0.15) is 5.01 Å². The Balaban J connectivity index is 0.000000202. The van der Waals surface area contributed by atoms with E-state index in [1.54, 1.807) is 25.6 Å². The number of alkyl halides is 4. The second kappa shape index (κ2) is 23.6. The van der Waals surface area contributed by atoms with Gasteiger partial charge >= 0.3 is 268 Å². The molecule has 0 bridgehead atoms. The molecule has 3 nitrogen and oxygen atoms in total. The molecular weight excluding hydrogens is 1390 g/mol. The Morgan fingerprint density at radius 1 is 0.617 bits per heavy atom. The zero-order valence-electron chi connectivity index (χ0n) is 35.5. The van der Waals surface area contributed by atoms with Gasteiger partial charge in [-0.25, -0.2) is 4.98 Å². The Morgan fingerprint density at radius 3 is 1.63 bits per heavy atom. The third-order valence-corrected chi connectivity index (χ3v) is 24.9. The van der Waals surface area contributed by atoms with E-state index in [1.165, 1.54) is 87.3 Å². The quantitative estimate of drug-likeness (QED) is 0.0437. The molecule has 0 radical (unpaired) electrons. The molecule has 60 heavy (non-hydrogen) atoms. The number of halogens is 4. The van der Waals surface area contributed by atoms with E-state index in [0.29, 0.717) is 0 Å². The van der Waals surface area contributed by atoms with Crippen LogP contribution in [0.25, 0.3) is 31.9 Å². The molecule has 0 unspecified atom stereocenters. The summed E-state index contributed by atoms with van der Waals surface area (Å²) in [4.78, 5) is 4.87. The smallest absolute Gasteiger partial charge is 1.00 e. The molecule has 0 spiro atoms. The standard InChI is InChI=1S/C27H36I4N2.C24H20NS.Au/c1-5-15-28-22-11-9-12-23(29-16-6-2)26(22)32-19-20-33(21-32)27-24(30-17-7-3)13-10-14-25(27)31-18-8-4;1-3-24(4-2)19-10-6-5-9-17(19)18-14-13-16(15-20(18)24)23-25-21-11-7-8-12-22(21)26-23;/h9-14,19-20H,5-8,15-18H2,1-4H3;5,7-15H,3-4H2,1-2H3;/q-2;-1;+1. The Morgan fingerprint density at radius 2 is 1.13 bits per heavy atom. The van der Waals surface area contributed by atoms with Gasteiger partial charge in [-0.2, -0.15) is 24.3 Å². The zero-order chi connectivity index (χ0) is 41.2. The van der Waals surface area contributed by atoms with Gasteiger partial charge in [0.05, 0.1) is 10.2 Å². The van der Waals surface area contributed by atoms with Crippen molar-refractivity contribution in [1.82, 2.24) is 4.98 Å². The second-order valence-corrected chi connectivity index (χ2v) is 27.6. The van der Waals surface area contributed by atoms with Crippen LogP contribution in [-0.4, -0.2) is 37.9 Å². The number of para-hydroxylation sites is 3. The topological polar surface area (TPSA) is 18.9 Å². The third-order valence-electron chi connectivity index (χ3n) is 10.6. The van der Waals surface area contributed by atoms with Gasteiger partial charge in [-0.05, 0) is 34.7 Å². The molecule has 8 rings (SSSR count). The molecule has 0 amide bonds. The van der Waals surface area contributed by atoms with Crippen molar-refractivity contribution >= 4 is 38.9 Å². The van der Waals surface area contributed by atoms with Crippen LogP contribution in [0.3, 0.4) is 0 Å². The van der Waals surface area contributed by atoms with Crippen LogP contribution in [-0.2, 0) is 27.8 Å². The maximum atomic E-state index is 4.87. The van der Waals surface area contributed by atoms with Gasteiger partial charge in [0.25, 0.3) is 0 Å². The van der Waals surface area contributed by atoms with E-state index in [9.17, 15) is 0 Å². The molecule has 0 saturated carbocycles. The van der Waals surface area contributed by atoms with E-state index in [2.05, 4.69) is 166 Å². The van der Waals surface area contributed by atoms with Crippen molar-refractivity contribution in [2.45, 2.75) is 85.5 Å². The molecule has 2 aliphatic rings. The van der Waals surface area contributed by atoms with Gasteiger partial charge in [-0.15, -0.1) is 22.5 Å². The van der Waals surface area contributed by atoms with Crippen LogP contribution >= 0.6 is 11.3 Å². The maximum Gasteiger partial charge on any atom is 1.00 e. The molecule has 1 aliphatic heterocycles. The first kappa shape index (κ1) is 48.2. The molecule has 322 valence electrons. The molecular formula is C51H56AuI4N3S-2. The fraction of sp³-hybridized carbons (Fsp3) is 0.333. The van der Waals surface area contributed by atoms with Crippen molar-refractivity contribution in [2.24, 2.45) is 0 Å². The summed E-state index contributed by atoms with van der Waals surface area (Å²) in [7, 11) is 0. The average molecular weight is 1450 g/mol.